The maximum Gasteiger partial charge on any atom is 0.409 e. The Morgan fingerprint density at radius 1 is 1.08 bits per heavy atom. The van der Waals surface area contributed by atoms with Crippen LogP contribution in [0.25, 0.3) is 0 Å². The van der Waals surface area contributed by atoms with Gasteiger partial charge in [0.1, 0.15) is 0 Å². The summed E-state index contributed by atoms with van der Waals surface area (Å²) in [5, 5.41) is 2.67. The zero-order valence-corrected chi connectivity index (χ0v) is 14.3. The SMILES string of the molecule is CCOC(=O)N1CCN(C(=O)C(=O)Nc2cccc(C)c2C)CC1. The second kappa shape index (κ2) is 7.81. The first kappa shape index (κ1) is 17.8. The molecule has 0 radical (unpaired) electrons. The van der Waals surface area contributed by atoms with Gasteiger partial charge < -0.3 is 19.9 Å². The third-order valence-electron chi connectivity index (χ3n) is 4.14. The molecule has 0 atom stereocenters. The average Bonchev–Trinajstić information content (AvgIpc) is 2.58. The fourth-order valence-electron chi connectivity index (χ4n) is 2.51. The Morgan fingerprint density at radius 2 is 1.71 bits per heavy atom. The summed E-state index contributed by atoms with van der Waals surface area (Å²) in [6.45, 7) is 7.26. The number of anilines is 1. The molecule has 0 saturated carbocycles. The second-order valence-electron chi connectivity index (χ2n) is 5.68. The molecule has 1 fully saturated rings. The highest BCUT2D eigenvalue weighted by Crippen LogP contribution is 2.18. The van der Waals surface area contributed by atoms with E-state index in [0.717, 1.165) is 11.1 Å². The van der Waals surface area contributed by atoms with Crippen molar-refractivity contribution in [2.75, 3.05) is 38.1 Å². The van der Waals surface area contributed by atoms with Crippen molar-refractivity contribution in [3.05, 3.63) is 29.3 Å². The summed E-state index contributed by atoms with van der Waals surface area (Å²) in [5.74, 6) is -1.24. The summed E-state index contributed by atoms with van der Waals surface area (Å²) in [7, 11) is 0. The van der Waals surface area contributed by atoms with Gasteiger partial charge in [0.15, 0.2) is 0 Å². The molecule has 0 aliphatic carbocycles. The van der Waals surface area contributed by atoms with Gasteiger partial charge in [-0.1, -0.05) is 12.1 Å². The Hall–Kier alpha value is -2.57. The van der Waals surface area contributed by atoms with Crippen LogP contribution >= 0.6 is 0 Å². The van der Waals surface area contributed by atoms with E-state index >= 15 is 0 Å². The molecule has 0 unspecified atom stereocenters. The highest BCUT2D eigenvalue weighted by atomic mass is 16.6. The Balaban J connectivity index is 1.92. The maximum absolute atomic E-state index is 12.3. The highest BCUT2D eigenvalue weighted by molar-refractivity contribution is 6.39. The number of nitrogens with one attached hydrogen (secondary N) is 1. The number of amides is 3. The van der Waals surface area contributed by atoms with E-state index in [2.05, 4.69) is 5.32 Å². The third-order valence-corrected chi connectivity index (χ3v) is 4.14. The molecule has 2 rings (SSSR count). The molecule has 1 aromatic carbocycles. The number of rotatable bonds is 2. The van der Waals surface area contributed by atoms with Gasteiger partial charge in [0, 0.05) is 31.9 Å². The summed E-state index contributed by atoms with van der Waals surface area (Å²) in [6, 6.07) is 5.55. The molecule has 0 spiro atoms. The monoisotopic (exact) mass is 333 g/mol. The minimum absolute atomic E-state index is 0.316. The van der Waals surface area contributed by atoms with Gasteiger partial charge in [0.05, 0.1) is 6.61 Å². The predicted octanol–water partition coefficient (Wildman–Crippen LogP) is 1.54. The van der Waals surface area contributed by atoms with Crippen molar-refractivity contribution in [2.45, 2.75) is 20.8 Å². The molecule has 1 aromatic rings. The van der Waals surface area contributed by atoms with E-state index in [-0.39, 0.29) is 6.09 Å². The molecule has 24 heavy (non-hydrogen) atoms. The molecule has 1 N–H and O–H groups in total. The van der Waals surface area contributed by atoms with Crippen LogP contribution in [0.2, 0.25) is 0 Å². The number of aryl methyl sites for hydroxylation is 1. The van der Waals surface area contributed by atoms with Crippen LogP contribution in [0.5, 0.6) is 0 Å². The van der Waals surface area contributed by atoms with Crippen molar-refractivity contribution in [1.82, 2.24) is 9.80 Å². The van der Waals surface area contributed by atoms with E-state index in [1.54, 1.807) is 13.0 Å². The normalized spacial score (nSPS) is 14.3. The van der Waals surface area contributed by atoms with E-state index in [9.17, 15) is 14.4 Å². The van der Waals surface area contributed by atoms with Crippen LogP contribution in [0.4, 0.5) is 10.5 Å². The molecule has 7 heteroatoms. The fraction of sp³-hybridized carbons (Fsp3) is 0.471. The zero-order valence-electron chi connectivity index (χ0n) is 14.3. The first-order valence-electron chi connectivity index (χ1n) is 8.02. The molecule has 1 aliphatic heterocycles. The quantitative estimate of drug-likeness (QED) is 0.833. The van der Waals surface area contributed by atoms with Gasteiger partial charge in [-0.2, -0.15) is 0 Å². The topological polar surface area (TPSA) is 79.0 Å². The Labute approximate surface area is 141 Å². The van der Waals surface area contributed by atoms with Crippen molar-refractivity contribution < 1.29 is 19.1 Å². The molecule has 1 heterocycles. The third kappa shape index (κ3) is 4.04. The fourth-order valence-corrected chi connectivity index (χ4v) is 2.51. The van der Waals surface area contributed by atoms with Crippen molar-refractivity contribution in [3.8, 4) is 0 Å². The number of hydrogen-bond acceptors (Lipinski definition) is 4. The van der Waals surface area contributed by atoms with Crippen molar-refractivity contribution in [1.29, 1.82) is 0 Å². The molecule has 1 saturated heterocycles. The van der Waals surface area contributed by atoms with Crippen LogP contribution < -0.4 is 5.32 Å². The summed E-state index contributed by atoms with van der Waals surface area (Å²) in [6.07, 6.45) is -0.385. The smallest absolute Gasteiger partial charge is 0.409 e. The number of nitrogens with zero attached hydrogens (tertiary/aromatic N) is 2. The standard InChI is InChI=1S/C17H23N3O4/c1-4-24-17(23)20-10-8-19(9-11-20)16(22)15(21)18-14-7-5-6-12(2)13(14)3/h5-7H,4,8-11H2,1-3H3,(H,18,21). The van der Waals surface area contributed by atoms with Gasteiger partial charge in [-0.05, 0) is 38.0 Å². The molecule has 7 nitrogen and oxygen atoms in total. The summed E-state index contributed by atoms with van der Waals surface area (Å²) in [5.41, 5.74) is 2.62. The van der Waals surface area contributed by atoms with Gasteiger partial charge in [0.25, 0.3) is 0 Å². The lowest BCUT2D eigenvalue weighted by atomic mass is 10.1. The van der Waals surface area contributed by atoms with Gasteiger partial charge in [-0.25, -0.2) is 4.79 Å². The summed E-state index contributed by atoms with van der Waals surface area (Å²) in [4.78, 5) is 39.1. The van der Waals surface area contributed by atoms with Crippen molar-refractivity contribution in [2.24, 2.45) is 0 Å². The number of benzene rings is 1. The number of carbonyl (C=O) groups is 3. The van der Waals surface area contributed by atoms with Crippen LogP contribution in [-0.4, -0.2) is 60.5 Å². The molecular formula is C17H23N3O4. The van der Waals surface area contributed by atoms with Crippen LogP contribution in [0, 0.1) is 13.8 Å². The Morgan fingerprint density at radius 3 is 2.33 bits per heavy atom. The van der Waals surface area contributed by atoms with E-state index < -0.39 is 11.8 Å². The largest absolute Gasteiger partial charge is 0.450 e. The van der Waals surface area contributed by atoms with E-state index in [4.69, 9.17) is 4.74 Å². The van der Waals surface area contributed by atoms with Crippen molar-refractivity contribution in [3.63, 3.8) is 0 Å². The van der Waals surface area contributed by atoms with Crippen LogP contribution in [0.1, 0.15) is 18.1 Å². The predicted molar refractivity (Wildman–Crippen MR) is 89.7 cm³/mol. The number of piperazine rings is 1. The molecule has 3 amide bonds. The van der Waals surface area contributed by atoms with Crippen molar-refractivity contribution >= 4 is 23.6 Å². The van der Waals surface area contributed by atoms with Gasteiger partial charge in [0.2, 0.25) is 0 Å². The van der Waals surface area contributed by atoms with E-state index in [1.807, 2.05) is 26.0 Å². The minimum atomic E-state index is -0.659. The number of carbonyl (C=O) groups excluding carboxylic acids is 3. The molecule has 0 aromatic heterocycles. The summed E-state index contributed by atoms with van der Waals surface area (Å²) < 4.78 is 4.93. The lowest BCUT2D eigenvalue weighted by molar-refractivity contribution is -0.144. The summed E-state index contributed by atoms with van der Waals surface area (Å²) >= 11 is 0. The molecular weight excluding hydrogens is 310 g/mol. The van der Waals surface area contributed by atoms with Crippen LogP contribution in [0.15, 0.2) is 18.2 Å². The first-order chi connectivity index (χ1) is 11.4. The number of hydrogen-bond donors (Lipinski definition) is 1. The van der Waals surface area contributed by atoms with E-state index in [1.165, 1.54) is 9.80 Å². The van der Waals surface area contributed by atoms with Crippen LogP contribution in [0.3, 0.4) is 0 Å². The van der Waals surface area contributed by atoms with Gasteiger partial charge in [-0.15, -0.1) is 0 Å². The van der Waals surface area contributed by atoms with Gasteiger partial charge in [-0.3, -0.25) is 9.59 Å². The molecule has 0 bridgehead atoms. The first-order valence-corrected chi connectivity index (χ1v) is 8.02. The Kier molecular flexibility index (Phi) is 5.78. The Bertz CT molecular complexity index is 637. The highest BCUT2D eigenvalue weighted by Gasteiger charge is 2.28. The maximum atomic E-state index is 12.3. The molecule has 130 valence electrons. The molecule has 1 aliphatic rings. The van der Waals surface area contributed by atoms with Gasteiger partial charge >= 0.3 is 17.9 Å². The lowest BCUT2D eigenvalue weighted by Gasteiger charge is -2.33. The van der Waals surface area contributed by atoms with Crippen LogP contribution in [-0.2, 0) is 14.3 Å². The zero-order chi connectivity index (χ0) is 17.7. The number of ether oxygens (including phenoxy) is 1. The second-order valence-corrected chi connectivity index (χ2v) is 5.68. The minimum Gasteiger partial charge on any atom is -0.450 e. The lowest BCUT2D eigenvalue weighted by Crippen LogP contribution is -2.53. The average molecular weight is 333 g/mol. The van der Waals surface area contributed by atoms with E-state index in [0.29, 0.717) is 38.5 Å².